The van der Waals surface area contributed by atoms with E-state index in [9.17, 15) is 4.79 Å². The second-order valence-corrected chi connectivity index (χ2v) is 8.15. The highest BCUT2D eigenvalue weighted by Crippen LogP contribution is 2.29. The number of anilines is 1. The van der Waals surface area contributed by atoms with E-state index in [1.165, 1.54) is 10.9 Å². The minimum Gasteiger partial charge on any atom is -0.490 e. The molecule has 2 aromatic heterocycles. The Kier molecular flexibility index (Phi) is 7.53. The van der Waals surface area contributed by atoms with Gasteiger partial charge in [0.05, 0.1) is 12.8 Å². The zero-order valence-corrected chi connectivity index (χ0v) is 20.9. The molecule has 0 unspecified atom stereocenters. The number of benzene rings is 3. The minimum absolute atomic E-state index is 0.00311. The number of hydrogen-bond acceptors (Lipinski definition) is 10. The summed E-state index contributed by atoms with van der Waals surface area (Å²) in [5.41, 5.74) is 11.1. The number of rotatable bonds is 10. The highest BCUT2D eigenvalue weighted by atomic mass is 16.6. The Morgan fingerprint density at radius 1 is 1.03 bits per heavy atom. The van der Waals surface area contributed by atoms with Crippen molar-refractivity contribution in [3.05, 3.63) is 95.7 Å². The quantitative estimate of drug-likeness (QED) is 0.206. The summed E-state index contributed by atoms with van der Waals surface area (Å²) < 4.78 is 17.7. The third-order valence-corrected chi connectivity index (χ3v) is 5.51. The highest BCUT2D eigenvalue weighted by Gasteiger charge is 2.25. The molecule has 5 rings (SSSR count). The van der Waals surface area contributed by atoms with Crippen LogP contribution in [-0.4, -0.2) is 44.0 Å². The number of nitrogens with two attached hydrogens (primary N) is 1. The van der Waals surface area contributed by atoms with E-state index >= 15 is 0 Å². The number of amides is 1. The second kappa shape index (κ2) is 11.7. The molecule has 0 aliphatic rings. The SMILES string of the molecule is CCOc1cc(/C=N/NC(=O)c2nnn(-c3nonc3N)c2-c2ccccc2)ccc1OCc1ccccc1. The van der Waals surface area contributed by atoms with Gasteiger partial charge in [0, 0.05) is 5.56 Å². The lowest BCUT2D eigenvalue weighted by Crippen LogP contribution is -2.19. The molecule has 0 saturated heterocycles. The minimum atomic E-state index is -0.584. The molecule has 3 N–H and O–H groups in total. The Morgan fingerprint density at radius 3 is 2.51 bits per heavy atom. The number of nitrogens with one attached hydrogen (secondary N) is 1. The van der Waals surface area contributed by atoms with Gasteiger partial charge in [-0.1, -0.05) is 65.9 Å². The van der Waals surface area contributed by atoms with E-state index < -0.39 is 5.91 Å². The summed E-state index contributed by atoms with van der Waals surface area (Å²) in [6.07, 6.45) is 1.49. The molecule has 12 heteroatoms. The molecule has 0 saturated carbocycles. The van der Waals surface area contributed by atoms with E-state index in [2.05, 4.69) is 31.2 Å². The van der Waals surface area contributed by atoms with Gasteiger partial charge >= 0.3 is 0 Å². The van der Waals surface area contributed by atoms with Crippen molar-refractivity contribution in [1.29, 1.82) is 0 Å². The molecule has 12 nitrogen and oxygen atoms in total. The number of hydrazone groups is 1. The van der Waals surface area contributed by atoms with E-state index in [4.69, 9.17) is 19.8 Å². The van der Waals surface area contributed by atoms with Crippen LogP contribution in [0.15, 0.2) is 88.6 Å². The van der Waals surface area contributed by atoms with Crippen LogP contribution in [0, 0.1) is 0 Å². The lowest BCUT2D eigenvalue weighted by Gasteiger charge is -2.12. The number of ether oxygens (including phenoxy) is 2. The van der Waals surface area contributed by atoms with Gasteiger partial charge < -0.3 is 15.2 Å². The van der Waals surface area contributed by atoms with E-state index in [1.54, 1.807) is 24.3 Å². The molecule has 1 amide bonds. The first-order chi connectivity index (χ1) is 19.1. The Bertz CT molecular complexity index is 1580. The number of aromatic nitrogens is 5. The molecule has 0 fully saturated rings. The number of nitrogens with zero attached hydrogens (tertiary/aromatic N) is 6. The van der Waals surface area contributed by atoms with E-state index in [0.717, 1.165) is 5.56 Å². The Balaban J connectivity index is 1.34. The number of carbonyl (C=O) groups is 1. The van der Waals surface area contributed by atoms with E-state index in [-0.39, 0.29) is 17.3 Å². The van der Waals surface area contributed by atoms with Crippen LogP contribution in [0.4, 0.5) is 5.82 Å². The van der Waals surface area contributed by atoms with Gasteiger partial charge in [-0.05, 0) is 46.6 Å². The molecular weight excluding hydrogens is 500 g/mol. The van der Waals surface area contributed by atoms with Gasteiger partial charge in [-0.15, -0.1) is 5.10 Å². The molecule has 0 spiro atoms. The van der Waals surface area contributed by atoms with Crippen molar-refractivity contribution in [3.63, 3.8) is 0 Å². The Labute approximate surface area is 223 Å². The smallest absolute Gasteiger partial charge is 0.294 e. The zero-order valence-electron chi connectivity index (χ0n) is 20.9. The fraction of sp³-hybridized carbons (Fsp3) is 0.111. The fourth-order valence-corrected chi connectivity index (χ4v) is 3.72. The summed E-state index contributed by atoms with van der Waals surface area (Å²) in [6.45, 7) is 2.76. The molecule has 39 heavy (non-hydrogen) atoms. The Hall–Kier alpha value is -5.52. The summed E-state index contributed by atoms with van der Waals surface area (Å²) in [7, 11) is 0. The van der Waals surface area contributed by atoms with Crippen LogP contribution in [0.5, 0.6) is 11.5 Å². The van der Waals surface area contributed by atoms with Gasteiger partial charge in [0.25, 0.3) is 5.91 Å². The van der Waals surface area contributed by atoms with Gasteiger partial charge in [0.15, 0.2) is 17.2 Å². The van der Waals surface area contributed by atoms with Crippen LogP contribution in [0.1, 0.15) is 28.5 Å². The van der Waals surface area contributed by atoms with Gasteiger partial charge in [-0.2, -0.15) is 9.78 Å². The number of carbonyl (C=O) groups excluding carboxylic acids is 1. The molecule has 0 aliphatic carbocycles. The second-order valence-electron chi connectivity index (χ2n) is 8.15. The standard InChI is InChI=1S/C27H24N8O4/c1-2-37-22-15-19(13-14-21(22)38-17-18-9-5-3-6-10-18)16-29-31-27(36)23-24(20-11-7-4-8-12-20)35(34-30-23)26-25(28)32-39-33-26/h3-16H,2,17H2,1H3,(H2,28,32)(H,31,36)/b29-16+. The van der Waals surface area contributed by atoms with Crippen molar-refractivity contribution >= 4 is 17.9 Å². The topological polar surface area (TPSA) is 156 Å². The first-order valence-corrected chi connectivity index (χ1v) is 12.0. The molecule has 0 aliphatic heterocycles. The molecular formula is C27H24N8O4. The predicted octanol–water partition coefficient (Wildman–Crippen LogP) is 3.64. The molecule has 2 heterocycles. The zero-order chi connectivity index (χ0) is 27.0. The average molecular weight is 525 g/mol. The van der Waals surface area contributed by atoms with E-state index in [0.29, 0.717) is 41.5 Å². The first kappa shape index (κ1) is 25.1. The third kappa shape index (κ3) is 5.74. The van der Waals surface area contributed by atoms with Crippen molar-refractivity contribution < 1.29 is 18.9 Å². The maximum Gasteiger partial charge on any atom is 0.294 e. The van der Waals surface area contributed by atoms with E-state index in [1.807, 2.05) is 61.5 Å². The monoisotopic (exact) mass is 524 g/mol. The first-order valence-electron chi connectivity index (χ1n) is 12.0. The van der Waals surface area contributed by atoms with Gasteiger partial charge in [-0.25, -0.2) is 10.1 Å². The Morgan fingerprint density at radius 2 is 1.79 bits per heavy atom. The van der Waals surface area contributed by atoms with Crippen LogP contribution >= 0.6 is 0 Å². The molecule has 0 atom stereocenters. The summed E-state index contributed by atoms with van der Waals surface area (Å²) in [6, 6.07) is 24.3. The lowest BCUT2D eigenvalue weighted by molar-refractivity contribution is 0.0950. The van der Waals surface area contributed by atoms with Crippen LogP contribution in [0.25, 0.3) is 17.1 Å². The van der Waals surface area contributed by atoms with Crippen LogP contribution in [0.2, 0.25) is 0 Å². The maximum absolute atomic E-state index is 13.1. The predicted molar refractivity (Wildman–Crippen MR) is 143 cm³/mol. The van der Waals surface area contributed by atoms with Crippen molar-refractivity contribution in [3.8, 4) is 28.6 Å². The van der Waals surface area contributed by atoms with Crippen molar-refractivity contribution in [1.82, 2.24) is 30.7 Å². The summed E-state index contributed by atoms with van der Waals surface area (Å²) >= 11 is 0. The largest absolute Gasteiger partial charge is 0.490 e. The normalized spacial score (nSPS) is 11.0. The summed E-state index contributed by atoms with van der Waals surface area (Å²) in [4.78, 5) is 13.1. The van der Waals surface area contributed by atoms with Gasteiger partial charge in [0.2, 0.25) is 11.6 Å². The number of nitrogen functional groups attached to an aromatic ring is 1. The molecule has 0 bridgehead atoms. The third-order valence-electron chi connectivity index (χ3n) is 5.51. The molecule has 5 aromatic rings. The van der Waals surface area contributed by atoms with Crippen molar-refractivity contribution in [2.45, 2.75) is 13.5 Å². The summed E-state index contributed by atoms with van der Waals surface area (Å²) in [5, 5.41) is 19.5. The maximum atomic E-state index is 13.1. The van der Waals surface area contributed by atoms with Crippen LogP contribution in [-0.2, 0) is 6.61 Å². The average Bonchev–Trinajstić information content (AvgIpc) is 3.60. The summed E-state index contributed by atoms with van der Waals surface area (Å²) in [5.74, 6) is 0.703. The van der Waals surface area contributed by atoms with Crippen LogP contribution < -0.4 is 20.6 Å². The molecule has 196 valence electrons. The van der Waals surface area contributed by atoms with Crippen LogP contribution in [0.3, 0.4) is 0 Å². The lowest BCUT2D eigenvalue weighted by atomic mass is 10.1. The fourth-order valence-electron chi connectivity index (χ4n) is 3.72. The highest BCUT2D eigenvalue weighted by molar-refractivity contribution is 5.98. The van der Waals surface area contributed by atoms with Gasteiger partial charge in [-0.3, -0.25) is 4.79 Å². The van der Waals surface area contributed by atoms with Crippen molar-refractivity contribution in [2.75, 3.05) is 12.3 Å². The number of hydrogen-bond donors (Lipinski definition) is 2. The van der Waals surface area contributed by atoms with Crippen molar-refractivity contribution in [2.24, 2.45) is 5.10 Å². The molecule has 3 aromatic carbocycles. The van der Waals surface area contributed by atoms with Gasteiger partial charge in [0.1, 0.15) is 12.3 Å². The molecule has 0 radical (unpaired) electrons.